The molecule has 0 saturated heterocycles. The van der Waals surface area contributed by atoms with Crippen LogP contribution in [0.4, 0.5) is 0 Å². The number of halogens is 1. The van der Waals surface area contributed by atoms with E-state index in [1.54, 1.807) is 12.1 Å². The van der Waals surface area contributed by atoms with E-state index in [9.17, 15) is 19.5 Å². The number of hydrazine groups is 1. The summed E-state index contributed by atoms with van der Waals surface area (Å²) in [4.78, 5) is 35.2. The van der Waals surface area contributed by atoms with Gasteiger partial charge in [-0.2, -0.15) is 0 Å². The van der Waals surface area contributed by atoms with E-state index in [1.807, 2.05) is 13.0 Å². The molecular formula is C17H21BrN2O5. The van der Waals surface area contributed by atoms with Gasteiger partial charge in [-0.05, 0) is 43.5 Å². The summed E-state index contributed by atoms with van der Waals surface area (Å²) >= 11 is 3.38. The highest BCUT2D eigenvalue weighted by Crippen LogP contribution is 2.30. The average Bonchev–Trinajstić information content (AvgIpc) is 2.60. The van der Waals surface area contributed by atoms with E-state index in [0.29, 0.717) is 18.6 Å². The summed E-state index contributed by atoms with van der Waals surface area (Å²) in [6, 6.07) is 5.33. The van der Waals surface area contributed by atoms with E-state index < -0.39 is 29.6 Å². The number of carboxylic acid groups (broad SMARTS) is 1. The van der Waals surface area contributed by atoms with Crippen molar-refractivity contribution < 1.29 is 24.2 Å². The number of carboxylic acids is 1. The summed E-state index contributed by atoms with van der Waals surface area (Å²) in [5.74, 6) is -2.74. The topological polar surface area (TPSA) is 105 Å². The second kappa shape index (κ2) is 8.84. The van der Waals surface area contributed by atoms with E-state index in [4.69, 9.17) is 4.74 Å². The van der Waals surface area contributed by atoms with Gasteiger partial charge in [0.25, 0.3) is 5.91 Å². The molecule has 2 rings (SSSR count). The van der Waals surface area contributed by atoms with Crippen LogP contribution in [0.1, 0.15) is 31.2 Å². The molecule has 0 bridgehead atoms. The second-order valence-corrected chi connectivity index (χ2v) is 6.93. The lowest BCUT2D eigenvalue weighted by Crippen LogP contribution is -2.49. The molecule has 136 valence electrons. The first kappa shape index (κ1) is 19.2. The molecule has 1 aliphatic rings. The van der Waals surface area contributed by atoms with Crippen LogP contribution in [0.5, 0.6) is 5.75 Å². The smallest absolute Gasteiger partial charge is 0.307 e. The van der Waals surface area contributed by atoms with Gasteiger partial charge in [-0.25, -0.2) is 0 Å². The fourth-order valence-corrected chi connectivity index (χ4v) is 3.10. The number of aryl methyl sites for hydroxylation is 1. The van der Waals surface area contributed by atoms with Crippen LogP contribution in [-0.2, 0) is 14.4 Å². The van der Waals surface area contributed by atoms with Gasteiger partial charge < -0.3 is 9.84 Å². The van der Waals surface area contributed by atoms with E-state index in [0.717, 1.165) is 22.9 Å². The Kier molecular flexibility index (Phi) is 6.81. The molecule has 0 aliphatic heterocycles. The Morgan fingerprint density at radius 2 is 1.88 bits per heavy atom. The zero-order valence-corrected chi connectivity index (χ0v) is 15.5. The first-order valence-corrected chi connectivity index (χ1v) is 8.88. The molecule has 2 amide bonds. The number of hydrogen-bond acceptors (Lipinski definition) is 4. The van der Waals surface area contributed by atoms with Gasteiger partial charge in [0.2, 0.25) is 5.91 Å². The van der Waals surface area contributed by atoms with Crippen molar-refractivity contribution in [3.05, 3.63) is 28.2 Å². The zero-order valence-electron chi connectivity index (χ0n) is 13.9. The highest BCUT2D eigenvalue weighted by atomic mass is 79.9. The normalized spacial score (nSPS) is 19.8. The number of benzene rings is 1. The molecule has 1 unspecified atom stereocenters. The third kappa shape index (κ3) is 5.45. The summed E-state index contributed by atoms with van der Waals surface area (Å²) in [6.07, 6.45) is 2.59. The van der Waals surface area contributed by atoms with Gasteiger partial charge in [-0.15, -0.1) is 0 Å². The zero-order chi connectivity index (χ0) is 18.4. The molecule has 25 heavy (non-hydrogen) atoms. The molecule has 1 aromatic carbocycles. The predicted octanol–water partition coefficient (Wildman–Crippen LogP) is 2.17. The van der Waals surface area contributed by atoms with Crippen molar-refractivity contribution in [1.82, 2.24) is 10.9 Å². The van der Waals surface area contributed by atoms with Crippen molar-refractivity contribution >= 4 is 33.7 Å². The monoisotopic (exact) mass is 412 g/mol. The molecule has 1 aliphatic carbocycles. The average molecular weight is 413 g/mol. The summed E-state index contributed by atoms with van der Waals surface area (Å²) in [7, 11) is 0. The maximum Gasteiger partial charge on any atom is 0.307 e. The lowest BCUT2D eigenvalue weighted by atomic mass is 9.79. The number of carbonyl (C=O) groups is 3. The third-order valence-electron chi connectivity index (χ3n) is 4.24. The van der Waals surface area contributed by atoms with Gasteiger partial charge in [0.15, 0.2) is 6.61 Å². The first-order valence-electron chi connectivity index (χ1n) is 8.09. The lowest BCUT2D eigenvalue weighted by Gasteiger charge is -2.27. The minimum Gasteiger partial charge on any atom is -0.484 e. The molecular weight excluding hydrogens is 392 g/mol. The second-order valence-electron chi connectivity index (χ2n) is 6.07. The van der Waals surface area contributed by atoms with E-state index in [1.165, 1.54) is 0 Å². The van der Waals surface area contributed by atoms with Crippen molar-refractivity contribution in [3.8, 4) is 5.75 Å². The van der Waals surface area contributed by atoms with Crippen molar-refractivity contribution in [2.45, 2.75) is 32.6 Å². The van der Waals surface area contributed by atoms with E-state index >= 15 is 0 Å². The third-order valence-corrected chi connectivity index (χ3v) is 5.13. The van der Waals surface area contributed by atoms with Gasteiger partial charge in [0.1, 0.15) is 5.75 Å². The fraction of sp³-hybridized carbons (Fsp3) is 0.471. The number of ether oxygens (including phenoxy) is 1. The van der Waals surface area contributed by atoms with Crippen LogP contribution in [0, 0.1) is 18.8 Å². The molecule has 3 N–H and O–H groups in total. The minimum absolute atomic E-state index is 0.256. The Morgan fingerprint density at radius 3 is 2.52 bits per heavy atom. The molecule has 2 atom stereocenters. The van der Waals surface area contributed by atoms with Crippen LogP contribution in [-0.4, -0.2) is 29.5 Å². The van der Waals surface area contributed by atoms with Gasteiger partial charge in [-0.1, -0.05) is 28.8 Å². The summed E-state index contributed by atoms with van der Waals surface area (Å²) in [5.41, 5.74) is 5.55. The molecule has 1 saturated carbocycles. The lowest BCUT2D eigenvalue weighted by molar-refractivity contribution is -0.149. The maximum atomic E-state index is 12.1. The van der Waals surface area contributed by atoms with Crippen LogP contribution in [0.25, 0.3) is 0 Å². The van der Waals surface area contributed by atoms with Gasteiger partial charge in [0.05, 0.1) is 11.8 Å². The first-order chi connectivity index (χ1) is 11.9. The molecule has 1 fully saturated rings. The van der Waals surface area contributed by atoms with E-state index in [2.05, 4.69) is 26.8 Å². The SMILES string of the molecule is Cc1cc(OCC(=O)NNC(=O)C2CCCC[C@@H]2C(=O)O)ccc1Br. The summed E-state index contributed by atoms with van der Waals surface area (Å²) < 4.78 is 6.30. The van der Waals surface area contributed by atoms with Crippen molar-refractivity contribution in [1.29, 1.82) is 0 Å². The molecule has 0 radical (unpaired) electrons. The highest BCUT2D eigenvalue weighted by molar-refractivity contribution is 9.10. The van der Waals surface area contributed by atoms with Crippen LogP contribution < -0.4 is 15.6 Å². The Hall–Kier alpha value is -2.09. The molecule has 0 heterocycles. The molecule has 0 spiro atoms. The van der Waals surface area contributed by atoms with Crippen LogP contribution in [0.2, 0.25) is 0 Å². The Labute approximate surface area is 154 Å². The van der Waals surface area contributed by atoms with Crippen molar-refractivity contribution in [3.63, 3.8) is 0 Å². The van der Waals surface area contributed by atoms with Crippen LogP contribution in [0.15, 0.2) is 22.7 Å². The molecule has 7 nitrogen and oxygen atoms in total. The predicted molar refractivity (Wildman–Crippen MR) is 93.7 cm³/mol. The molecule has 8 heteroatoms. The summed E-state index contributed by atoms with van der Waals surface area (Å²) in [6.45, 7) is 1.65. The quantitative estimate of drug-likeness (QED) is 0.642. The molecule has 0 aromatic heterocycles. The van der Waals surface area contributed by atoms with Crippen molar-refractivity contribution in [2.75, 3.05) is 6.61 Å². The Balaban J connectivity index is 1.79. The van der Waals surface area contributed by atoms with Crippen LogP contribution in [0.3, 0.4) is 0 Å². The van der Waals surface area contributed by atoms with Gasteiger partial charge >= 0.3 is 5.97 Å². The molecule has 1 aromatic rings. The minimum atomic E-state index is -0.972. The van der Waals surface area contributed by atoms with Crippen molar-refractivity contribution in [2.24, 2.45) is 11.8 Å². The van der Waals surface area contributed by atoms with E-state index in [-0.39, 0.29) is 6.61 Å². The largest absolute Gasteiger partial charge is 0.484 e. The Bertz CT molecular complexity index is 664. The number of amides is 2. The summed E-state index contributed by atoms with van der Waals surface area (Å²) in [5, 5.41) is 9.20. The van der Waals surface area contributed by atoms with Gasteiger partial charge in [0, 0.05) is 4.47 Å². The number of carbonyl (C=O) groups excluding carboxylic acids is 2. The van der Waals surface area contributed by atoms with Gasteiger partial charge in [-0.3, -0.25) is 25.2 Å². The number of nitrogens with one attached hydrogen (secondary N) is 2. The Morgan fingerprint density at radius 1 is 1.20 bits per heavy atom. The highest BCUT2D eigenvalue weighted by Gasteiger charge is 2.35. The number of rotatable bonds is 5. The maximum absolute atomic E-state index is 12.1. The number of aliphatic carboxylic acids is 1. The standard InChI is InChI=1S/C17H21BrN2O5/c1-10-8-11(6-7-14(10)18)25-9-15(21)19-20-16(22)12-4-2-3-5-13(12)17(23)24/h6-8,12-13H,2-5,9H2,1H3,(H,19,21)(H,20,22)(H,23,24)/t12?,13-/m0/s1. The van der Waals surface area contributed by atoms with Crippen LogP contribution >= 0.6 is 15.9 Å². The number of hydrogen-bond donors (Lipinski definition) is 3. The fourth-order valence-electron chi connectivity index (χ4n) is 2.86.